The van der Waals surface area contributed by atoms with Gasteiger partial charge in [-0.15, -0.1) is 0 Å². The number of nitrogens with zero attached hydrogens (tertiary/aromatic N) is 1. The standard InChI is InChI=1S/C2H8BN/c1-4(2)3/h3H2,1-2H3. The quantitative estimate of drug-likeness (QED) is 0.325. The molecule has 0 aliphatic carbocycles. The van der Waals surface area contributed by atoms with E-state index in [0.717, 1.165) is 0 Å². The zero-order chi connectivity index (χ0) is 3.58. The molecule has 4 heavy (non-hydrogen) atoms. The van der Waals surface area contributed by atoms with Crippen molar-refractivity contribution in [1.82, 2.24) is 4.81 Å². The van der Waals surface area contributed by atoms with Gasteiger partial charge in [-0.25, -0.2) is 0 Å². The fourth-order valence-corrected chi connectivity index (χ4v) is 0. The molecule has 0 aliphatic heterocycles. The van der Waals surface area contributed by atoms with Gasteiger partial charge in [0.25, 0.3) is 0 Å². The van der Waals surface area contributed by atoms with Crippen molar-refractivity contribution < 1.29 is 0 Å². The van der Waals surface area contributed by atoms with E-state index >= 15 is 0 Å². The molecular weight excluding hydrogens is 48.8 g/mol. The van der Waals surface area contributed by atoms with Crippen LogP contribution >= 0.6 is 0 Å². The van der Waals surface area contributed by atoms with Crippen molar-refractivity contribution in [2.24, 2.45) is 0 Å². The van der Waals surface area contributed by atoms with Crippen molar-refractivity contribution >= 4 is 7.98 Å². The van der Waals surface area contributed by atoms with Gasteiger partial charge in [-0.2, -0.15) is 0 Å². The van der Waals surface area contributed by atoms with E-state index in [9.17, 15) is 0 Å². The lowest BCUT2D eigenvalue weighted by Gasteiger charge is -1.90. The Hall–Kier alpha value is 0.0249. The van der Waals surface area contributed by atoms with Crippen LogP contribution in [0.4, 0.5) is 0 Å². The summed E-state index contributed by atoms with van der Waals surface area (Å²) in [5.41, 5.74) is 0. The van der Waals surface area contributed by atoms with Crippen LogP contribution in [0, 0.1) is 0 Å². The third kappa shape index (κ3) is 3420. The van der Waals surface area contributed by atoms with Gasteiger partial charge < -0.3 is 4.81 Å². The highest BCUT2D eigenvalue weighted by Crippen LogP contribution is 1.44. The molecular formula is C2H8BN. The Morgan fingerprint density at radius 1 is 1.50 bits per heavy atom. The van der Waals surface area contributed by atoms with Crippen LogP contribution in [0.25, 0.3) is 0 Å². The molecule has 0 atom stereocenters. The van der Waals surface area contributed by atoms with Gasteiger partial charge in [-0.3, -0.25) is 0 Å². The molecule has 0 aliphatic rings. The van der Waals surface area contributed by atoms with Crippen LogP contribution in [0.2, 0.25) is 0 Å². The molecule has 0 fully saturated rings. The molecule has 0 heterocycles. The minimum Gasteiger partial charge on any atom is -0.354 e. The smallest absolute Gasteiger partial charge is 0.184 e. The highest BCUT2D eigenvalue weighted by atomic mass is 14.9. The summed E-state index contributed by atoms with van der Waals surface area (Å²) in [6, 6.07) is 0. The average molecular weight is 56.9 g/mol. The molecule has 0 aromatic rings. The maximum atomic E-state index is 2.00. The fourth-order valence-electron chi connectivity index (χ4n) is 0. The summed E-state index contributed by atoms with van der Waals surface area (Å²) in [5.74, 6) is 0. The van der Waals surface area contributed by atoms with Crippen molar-refractivity contribution in [3.8, 4) is 0 Å². The predicted octanol–water partition coefficient (Wildman–Crippen LogP) is -0.904. The molecule has 1 nitrogen and oxygen atoms in total. The summed E-state index contributed by atoms with van der Waals surface area (Å²) < 4.78 is 0. The highest BCUT2D eigenvalue weighted by Gasteiger charge is 1.59. The van der Waals surface area contributed by atoms with Gasteiger partial charge >= 0.3 is 0 Å². The maximum Gasteiger partial charge on any atom is 0.184 e. The Kier molecular flexibility index (Phi) is 1.36. The Labute approximate surface area is 28.0 Å². The topological polar surface area (TPSA) is 3.24 Å². The zero-order valence-electron chi connectivity index (χ0n) is 3.45. The van der Waals surface area contributed by atoms with Crippen LogP contribution in [0.3, 0.4) is 0 Å². The largest absolute Gasteiger partial charge is 0.354 e. The Morgan fingerprint density at radius 3 is 1.50 bits per heavy atom. The molecule has 0 aromatic carbocycles. The summed E-state index contributed by atoms with van der Waals surface area (Å²) in [7, 11) is 6.00. The van der Waals surface area contributed by atoms with E-state index in [1.54, 1.807) is 0 Å². The second-order valence-corrected chi connectivity index (χ2v) is 1.34. The molecule has 0 N–H and O–H groups in total. The Morgan fingerprint density at radius 2 is 1.50 bits per heavy atom. The van der Waals surface area contributed by atoms with Gasteiger partial charge in [0.15, 0.2) is 7.98 Å². The van der Waals surface area contributed by atoms with E-state index in [1.165, 1.54) is 0 Å². The van der Waals surface area contributed by atoms with Crippen molar-refractivity contribution in [2.75, 3.05) is 14.1 Å². The first-order valence-electron chi connectivity index (χ1n) is 1.34. The molecule has 0 amide bonds. The molecule has 2 heteroatoms. The van der Waals surface area contributed by atoms with E-state index in [1.807, 2.05) is 26.9 Å². The van der Waals surface area contributed by atoms with Gasteiger partial charge in [0, 0.05) is 0 Å². The van der Waals surface area contributed by atoms with Crippen LogP contribution < -0.4 is 0 Å². The Bertz CT molecular complexity index is 10.8. The SMILES string of the molecule is BN(C)C. The maximum absolute atomic E-state index is 2.00. The minimum absolute atomic E-state index is 2.00. The normalized spacial score (nSPS) is 8.75. The van der Waals surface area contributed by atoms with E-state index < -0.39 is 0 Å². The Balaban J connectivity index is 2.32. The molecule has 24 valence electrons. The van der Waals surface area contributed by atoms with E-state index in [2.05, 4.69) is 0 Å². The molecule has 0 bridgehead atoms. The van der Waals surface area contributed by atoms with E-state index in [0.29, 0.717) is 0 Å². The minimum atomic E-state index is 2.00. The first kappa shape index (κ1) is 4.02. The van der Waals surface area contributed by atoms with E-state index in [-0.39, 0.29) is 0 Å². The monoisotopic (exact) mass is 57.1 g/mol. The van der Waals surface area contributed by atoms with Crippen LogP contribution in [-0.2, 0) is 0 Å². The first-order valence-corrected chi connectivity index (χ1v) is 1.34. The summed E-state index contributed by atoms with van der Waals surface area (Å²) in [6.45, 7) is 0. The van der Waals surface area contributed by atoms with Gasteiger partial charge in [0.1, 0.15) is 0 Å². The van der Waals surface area contributed by atoms with Crippen LogP contribution in [0.5, 0.6) is 0 Å². The second-order valence-electron chi connectivity index (χ2n) is 1.34. The second kappa shape index (κ2) is 1.36. The van der Waals surface area contributed by atoms with Crippen molar-refractivity contribution in [3.05, 3.63) is 0 Å². The number of hydrogen-bond acceptors (Lipinski definition) is 1. The predicted molar refractivity (Wildman–Crippen MR) is 22.2 cm³/mol. The summed E-state index contributed by atoms with van der Waals surface area (Å²) in [6.07, 6.45) is 0. The molecule has 0 rings (SSSR count). The zero-order valence-corrected chi connectivity index (χ0v) is 3.45. The lowest BCUT2D eigenvalue weighted by Crippen LogP contribution is -2.02. The number of rotatable bonds is 0. The fraction of sp³-hybridized carbons (Fsp3) is 1.00. The van der Waals surface area contributed by atoms with Crippen LogP contribution in [0.15, 0.2) is 0 Å². The average Bonchev–Trinajstić information content (AvgIpc) is 0.811. The molecule has 0 spiro atoms. The molecule has 0 saturated carbocycles. The van der Waals surface area contributed by atoms with Gasteiger partial charge in [0.05, 0.1) is 0 Å². The highest BCUT2D eigenvalue weighted by molar-refractivity contribution is 6.03. The first-order chi connectivity index (χ1) is 1.73. The van der Waals surface area contributed by atoms with Gasteiger partial charge in [-0.1, -0.05) is 0 Å². The van der Waals surface area contributed by atoms with Gasteiger partial charge in [-0.05, 0) is 14.1 Å². The third-order valence-corrected chi connectivity index (χ3v) is 0. The van der Waals surface area contributed by atoms with Crippen molar-refractivity contribution in [2.45, 2.75) is 0 Å². The molecule has 0 unspecified atom stereocenters. The van der Waals surface area contributed by atoms with Crippen LogP contribution in [0.1, 0.15) is 0 Å². The summed E-state index contributed by atoms with van der Waals surface area (Å²) >= 11 is 0. The molecule has 0 radical (unpaired) electrons. The van der Waals surface area contributed by atoms with Crippen molar-refractivity contribution in [1.29, 1.82) is 0 Å². The van der Waals surface area contributed by atoms with E-state index in [4.69, 9.17) is 0 Å². The molecule has 0 aromatic heterocycles. The molecule has 0 saturated heterocycles. The van der Waals surface area contributed by atoms with Crippen LogP contribution in [-0.4, -0.2) is 26.9 Å². The third-order valence-electron chi connectivity index (χ3n) is 0. The lowest BCUT2D eigenvalue weighted by atomic mass is 10.4. The van der Waals surface area contributed by atoms with Gasteiger partial charge in [0.2, 0.25) is 0 Å². The van der Waals surface area contributed by atoms with Crippen molar-refractivity contribution in [3.63, 3.8) is 0 Å². The summed E-state index contributed by atoms with van der Waals surface area (Å²) in [5, 5.41) is 0. The number of hydrogen-bond donors (Lipinski definition) is 0. The summed E-state index contributed by atoms with van der Waals surface area (Å²) in [4.78, 5) is 2.00. The lowest BCUT2D eigenvalue weighted by molar-refractivity contribution is 0.679.